The van der Waals surface area contributed by atoms with Crippen molar-refractivity contribution in [2.24, 2.45) is 13.0 Å². The topological polar surface area (TPSA) is 84.2 Å². The zero-order chi connectivity index (χ0) is 13.0. The third-order valence-corrected chi connectivity index (χ3v) is 2.83. The Labute approximate surface area is 99.6 Å². The van der Waals surface area contributed by atoms with Gasteiger partial charge in [0.2, 0.25) is 0 Å². The fourth-order valence-electron chi connectivity index (χ4n) is 1.44. The smallest absolute Gasteiger partial charge is 0.308 e. The lowest BCUT2D eigenvalue weighted by Gasteiger charge is -2.10. The molecule has 6 nitrogen and oxygen atoms in total. The molecule has 0 radical (unpaired) electrons. The van der Waals surface area contributed by atoms with Crippen LogP contribution in [-0.2, 0) is 11.8 Å². The summed E-state index contributed by atoms with van der Waals surface area (Å²) in [6, 6.07) is 0. The molecule has 0 bridgehead atoms. The zero-order valence-electron chi connectivity index (χ0n) is 10.2. The van der Waals surface area contributed by atoms with Crippen molar-refractivity contribution in [1.29, 1.82) is 0 Å². The van der Waals surface area contributed by atoms with E-state index in [1.54, 1.807) is 25.6 Å². The van der Waals surface area contributed by atoms with Crippen LogP contribution in [0.2, 0.25) is 0 Å². The molecule has 17 heavy (non-hydrogen) atoms. The van der Waals surface area contributed by atoms with Crippen molar-refractivity contribution in [1.82, 2.24) is 15.1 Å². The Bertz CT molecular complexity index is 426. The number of carbonyl (C=O) groups excluding carboxylic acids is 1. The maximum Gasteiger partial charge on any atom is 0.308 e. The second kappa shape index (κ2) is 5.47. The van der Waals surface area contributed by atoms with Gasteiger partial charge in [-0.25, -0.2) is 0 Å². The number of carboxylic acids is 1. The van der Waals surface area contributed by atoms with E-state index in [2.05, 4.69) is 10.4 Å². The molecule has 0 spiro atoms. The fourth-order valence-corrected chi connectivity index (χ4v) is 1.44. The van der Waals surface area contributed by atoms with Crippen molar-refractivity contribution in [3.8, 4) is 0 Å². The number of hydrogen-bond acceptors (Lipinski definition) is 3. The van der Waals surface area contributed by atoms with E-state index in [1.165, 1.54) is 6.20 Å². The fraction of sp³-hybridized carbons (Fsp3) is 0.545. The molecule has 0 saturated carbocycles. The minimum absolute atomic E-state index is 0.138. The molecule has 94 valence electrons. The van der Waals surface area contributed by atoms with Crippen molar-refractivity contribution in [2.45, 2.75) is 20.3 Å². The number of carboxylic acid groups (broad SMARTS) is 1. The Morgan fingerprint density at radius 3 is 2.65 bits per heavy atom. The largest absolute Gasteiger partial charge is 0.481 e. The van der Waals surface area contributed by atoms with Crippen molar-refractivity contribution < 1.29 is 14.7 Å². The minimum Gasteiger partial charge on any atom is -0.481 e. The highest BCUT2D eigenvalue weighted by molar-refractivity contribution is 5.95. The summed E-state index contributed by atoms with van der Waals surface area (Å²) in [6.45, 7) is 3.70. The summed E-state index contributed by atoms with van der Waals surface area (Å²) < 4.78 is 1.60. The van der Waals surface area contributed by atoms with Gasteiger partial charge in [-0.15, -0.1) is 0 Å². The Kier molecular flexibility index (Phi) is 4.25. The molecular formula is C11H17N3O3. The van der Waals surface area contributed by atoms with E-state index in [-0.39, 0.29) is 12.5 Å². The van der Waals surface area contributed by atoms with Crippen LogP contribution in [0.25, 0.3) is 0 Å². The van der Waals surface area contributed by atoms with Crippen LogP contribution in [-0.4, -0.2) is 33.3 Å². The average molecular weight is 239 g/mol. The molecule has 0 aliphatic rings. The van der Waals surface area contributed by atoms with E-state index in [0.717, 1.165) is 5.69 Å². The van der Waals surface area contributed by atoms with Crippen LogP contribution in [0.3, 0.4) is 0 Å². The lowest BCUT2D eigenvalue weighted by atomic mass is 10.1. The number of nitrogens with one attached hydrogen (secondary N) is 1. The number of aryl methyl sites for hydroxylation is 1. The normalized spacial score (nSPS) is 12.2. The van der Waals surface area contributed by atoms with Gasteiger partial charge in [-0.2, -0.15) is 5.10 Å². The van der Waals surface area contributed by atoms with Gasteiger partial charge in [0, 0.05) is 19.3 Å². The average Bonchev–Trinajstić information content (AvgIpc) is 2.60. The van der Waals surface area contributed by atoms with Crippen molar-refractivity contribution in [3.63, 3.8) is 0 Å². The van der Waals surface area contributed by atoms with Crippen LogP contribution >= 0.6 is 0 Å². The van der Waals surface area contributed by atoms with Gasteiger partial charge in [0.25, 0.3) is 5.91 Å². The number of aromatic nitrogens is 2. The molecule has 1 aromatic rings. The van der Waals surface area contributed by atoms with Crippen molar-refractivity contribution in [3.05, 3.63) is 17.5 Å². The summed E-state index contributed by atoms with van der Waals surface area (Å²) in [5, 5.41) is 15.4. The van der Waals surface area contributed by atoms with Gasteiger partial charge in [-0.3, -0.25) is 14.3 Å². The van der Waals surface area contributed by atoms with Gasteiger partial charge in [0.15, 0.2) is 0 Å². The second-order valence-electron chi connectivity index (χ2n) is 3.92. The number of amides is 1. The third kappa shape index (κ3) is 3.05. The first-order valence-corrected chi connectivity index (χ1v) is 5.47. The first kappa shape index (κ1) is 13.2. The van der Waals surface area contributed by atoms with Gasteiger partial charge in [0.05, 0.1) is 17.7 Å². The van der Waals surface area contributed by atoms with E-state index in [0.29, 0.717) is 12.0 Å². The molecule has 1 unspecified atom stereocenters. The predicted octanol–water partition coefficient (Wildman–Crippen LogP) is 0.569. The molecule has 2 N–H and O–H groups in total. The van der Waals surface area contributed by atoms with Gasteiger partial charge >= 0.3 is 5.97 Å². The lowest BCUT2D eigenvalue weighted by Crippen LogP contribution is -2.32. The standard InChI is InChI=1S/C11H17N3O3/c1-4-8(11(16)17)5-12-10(15)9-6-13-14(3)7(9)2/h6,8H,4-5H2,1-3H3,(H,12,15)(H,16,17). The molecule has 1 aromatic heterocycles. The van der Waals surface area contributed by atoms with Gasteiger partial charge < -0.3 is 10.4 Å². The van der Waals surface area contributed by atoms with E-state index >= 15 is 0 Å². The molecule has 1 heterocycles. The maximum atomic E-state index is 11.8. The monoisotopic (exact) mass is 239 g/mol. The Morgan fingerprint density at radius 1 is 1.59 bits per heavy atom. The lowest BCUT2D eigenvalue weighted by molar-refractivity contribution is -0.141. The summed E-state index contributed by atoms with van der Waals surface area (Å²) in [7, 11) is 1.75. The summed E-state index contributed by atoms with van der Waals surface area (Å²) in [5.74, 6) is -1.72. The van der Waals surface area contributed by atoms with Gasteiger partial charge in [-0.1, -0.05) is 6.92 Å². The number of carbonyl (C=O) groups is 2. The third-order valence-electron chi connectivity index (χ3n) is 2.83. The van der Waals surface area contributed by atoms with Crippen LogP contribution in [0.15, 0.2) is 6.20 Å². The Hall–Kier alpha value is -1.85. The SMILES string of the molecule is CCC(CNC(=O)c1cnn(C)c1C)C(=O)O. The summed E-state index contributed by atoms with van der Waals surface area (Å²) in [5.41, 5.74) is 1.23. The molecular weight excluding hydrogens is 222 g/mol. The van der Waals surface area contributed by atoms with Crippen molar-refractivity contribution in [2.75, 3.05) is 6.54 Å². The molecule has 6 heteroatoms. The number of nitrogens with zero attached hydrogens (tertiary/aromatic N) is 2. The van der Waals surface area contributed by atoms with Crippen LogP contribution in [0.5, 0.6) is 0 Å². The van der Waals surface area contributed by atoms with Crippen molar-refractivity contribution >= 4 is 11.9 Å². The van der Waals surface area contributed by atoms with Crippen LogP contribution in [0, 0.1) is 12.8 Å². The van der Waals surface area contributed by atoms with Gasteiger partial charge in [0.1, 0.15) is 0 Å². The van der Waals surface area contributed by atoms with E-state index in [4.69, 9.17) is 5.11 Å². The zero-order valence-corrected chi connectivity index (χ0v) is 10.2. The molecule has 0 saturated heterocycles. The summed E-state index contributed by atoms with van der Waals surface area (Å²) in [6.07, 6.45) is 1.97. The Morgan fingerprint density at radius 2 is 2.24 bits per heavy atom. The number of rotatable bonds is 5. The molecule has 0 aliphatic heterocycles. The highest BCUT2D eigenvalue weighted by Gasteiger charge is 2.18. The molecule has 1 rings (SSSR count). The summed E-state index contributed by atoms with van der Waals surface area (Å²) >= 11 is 0. The number of hydrogen-bond donors (Lipinski definition) is 2. The van der Waals surface area contributed by atoms with Crippen LogP contribution < -0.4 is 5.32 Å². The minimum atomic E-state index is -0.893. The summed E-state index contributed by atoms with van der Waals surface area (Å²) in [4.78, 5) is 22.5. The quantitative estimate of drug-likeness (QED) is 0.786. The number of aliphatic carboxylic acids is 1. The van der Waals surface area contributed by atoms with E-state index in [9.17, 15) is 9.59 Å². The highest BCUT2D eigenvalue weighted by Crippen LogP contribution is 2.06. The molecule has 0 aromatic carbocycles. The molecule has 0 aliphatic carbocycles. The predicted molar refractivity (Wildman–Crippen MR) is 61.7 cm³/mol. The first-order valence-electron chi connectivity index (χ1n) is 5.47. The second-order valence-corrected chi connectivity index (χ2v) is 3.92. The first-order chi connectivity index (χ1) is 7.97. The maximum absolute atomic E-state index is 11.8. The molecule has 1 atom stereocenters. The Balaban J connectivity index is 2.61. The van der Waals surface area contributed by atoms with E-state index in [1.807, 2.05) is 0 Å². The molecule has 1 amide bonds. The van der Waals surface area contributed by atoms with Gasteiger partial charge in [-0.05, 0) is 13.3 Å². The van der Waals surface area contributed by atoms with Crippen LogP contribution in [0.1, 0.15) is 29.4 Å². The highest BCUT2D eigenvalue weighted by atomic mass is 16.4. The van der Waals surface area contributed by atoms with E-state index < -0.39 is 11.9 Å². The molecule has 0 fully saturated rings. The van der Waals surface area contributed by atoms with Crippen LogP contribution in [0.4, 0.5) is 0 Å².